The molecule has 1 aromatic rings. The fourth-order valence-electron chi connectivity index (χ4n) is 3.95. The van der Waals surface area contributed by atoms with Crippen LogP contribution in [-0.4, -0.2) is 29.2 Å². The van der Waals surface area contributed by atoms with Crippen LogP contribution in [-0.2, 0) is 6.18 Å². The molecule has 0 atom stereocenters. The van der Waals surface area contributed by atoms with Crippen LogP contribution in [0.25, 0.3) is 0 Å². The fraction of sp³-hybridized carbons (Fsp3) is 0.700. The summed E-state index contributed by atoms with van der Waals surface area (Å²) in [5, 5.41) is 6.14. The van der Waals surface area contributed by atoms with Crippen LogP contribution in [0.5, 0.6) is 5.88 Å². The van der Waals surface area contributed by atoms with Gasteiger partial charge in [0.1, 0.15) is 6.10 Å². The zero-order chi connectivity index (χ0) is 20.0. The van der Waals surface area contributed by atoms with Gasteiger partial charge in [-0.3, -0.25) is 0 Å². The van der Waals surface area contributed by atoms with E-state index in [0.29, 0.717) is 0 Å². The second-order valence-electron chi connectivity index (χ2n) is 7.78. The topological polar surface area (TPSA) is 63.2 Å². The van der Waals surface area contributed by atoms with Crippen LogP contribution in [0.1, 0.15) is 69.8 Å². The van der Waals surface area contributed by atoms with E-state index >= 15 is 0 Å². The molecule has 1 aromatic heterocycles. The number of rotatable bonds is 4. The lowest BCUT2D eigenvalue weighted by Gasteiger charge is -2.29. The fourth-order valence-corrected chi connectivity index (χ4v) is 3.95. The average Bonchev–Trinajstić information content (AvgIpc) is 2.92. The van der Waals surface area contributed by atoms with Gasteiger partial charge in [-0.05, 0) is 44.6 Å². The van der Waals surface area contributed by atoms with Crippen molar-refractivity contribution in [3.8, 4) is 5.88 Å². The van der Waals surface area contributed by atoms with Gasteiger partial charge in [-0.25, -0.2) is 9.78 Å². The van der Waals surface area contributed by atoms with E-state index in [0.717, 1.165) is 50.8 Å². The number of halogens is 3. The molecule has 2 aliphatic rings. The van der Waals surface area contributed by atoms with Gasteiger partial charge in [0.2, 0.25) is 5.88 Å². The molecular formula is C20H28F3N3O2. The molecule has 0 aromatic carbocycles. The van der Waals surface area contributed by atoms with Crippen molar-refractivity contribution in [3.63, 3.8) is 0 Å². The highest BCUT2D eigenvalue weighted by atomic mass is 19.4. The van der Waals surface area contributed by atoms with Crippen LogP contribution in [0.4, 0.5) is 18.0 Å². The minimum Gasteiger partial charge on any atom is -0.474 e. The zero-order valence-electron chi connectivity index (χ0n) is 15.9. The Labute approximate surface area is 163 Å². The third-order valence-corrected chi connectivity index (χ3v) is 5.55. The van der Waals surface area contributed by atoms with Gasteiger partial charge in [0, 0.05) is 24.3 Å². The number of urea groups is 1. The molecule has 1 heterocycles. The summed E-state index contributed by atoms with van der Waals surface area (Å²) in [6.07, 6.45) is 6.27. The lowest BCUT2D eigenvalue weighted by molar-refractivity contribution is -0.137. The van der Waals surface area contributed by atoms with Gasteiger partial charge in [0.15, 0.2) is 0 Å². The number of nitrogens with zero attached hydrogens (tertiary/aromatic N) is 1. The van der Waals surface area contributed by atoms with E-state index in [1.807, 2.05) is 0 Å². The highest BCUT2D eigenvalue weighted by Gasteiger charge is 2.31. The van der Waals surface area contributed by atoms with Gasteiger partial charge in [-0.2, -0.15) is 13.2 Å². The summed E-state index contributed by atoms with van der Waals surface area (Å²) >= 11 is 0. The summed E-state index contributed by atoms with van der Waals surface area (Å²) in [4.78, 5) is 16.0. The maximum Gasteiger partial charge on any atom is 0.417 e. The second kappa shape index (κ2) is 9.47. The number of ether oxygens (including phenoxy) is 1. The molecule has 3 rings (SSSR count). The highest BCUT2D eigenvalue weighted by molar-refractivity contribution is 5.74. The minimum atomic E-state index is -4.40. The lowest BCUT2D eigenvalue weighted by atomic mass is 9.93. The Morgan fingerprint density at radius 3 is 2.07 bits per heavy atom. The third-order valence-electron chi connectivity index (χ3n) is 5.55. The number of hydrogen-bond donors (Lipinski definition) is 2. The number of carbonyl (C=O) groups excluding carboxylic acids is 1. The number of alkyl halides is 3. The van der Waals surface area contributed by atoms with Crippen LogP contribution in [0.15, 0.2) is 18.3 Å². The van der Waals surface area contributed by atoms with Crippen molar-refractivity contribution in [2.24, 2.45) is 0 Å². The summed E-state index contributed by atoms with van der Waals surface area (Å²) in [5.74, 6) is 0.204. The van der Waals surface area contributed by atoms with Crippen LogP contribution in [0.3, 0.4) is 0 Å². The lowest BCUT2D eigenvalue weighted by Crippen LogP contribution is -2.47. The van der Waals surface area contributed by atoms with Crippen molar-refractivity contribution in [1.82, 2.24) is 15.6 Å². The van der Waals surface area contributed by atoms with Crippen LogP contribution >= 0.6 is 0 Å². The average molecular weight is 399 g/mol. The Balaban J connectivity index is 1.38. The van der Waals surface area contributed by atoms with E-state index in [-0.39, 0.29) is 30.1 Å². The standard InChI is InChI=1S/C20H28F3N3O2/c21-20(22,23)14-7-12-18(24-13-14)28-17-10-8-16(9-11-17)26-19(27)25-15-5-3-1-2-4-6-15/h7,12-13,15-17H,1-6,8-11H2,(H2,25,26,27). The minimum absolute atomic E-state index is 0.0906. The van der Waals surface area contributed by atoms with E-state index in [9.17, 15) is 18.0 Å². The molecule has 2 amide bonds. The molecule has 2 saturated carbocycles. The predicted molar refractivity (Wildman–Crippen MR) is 99.1 cm³/mol. The quantitative estimate of drug-likeness (QED) is 0.714. The summed E-state index contributed by atoms with van der Waals surface area (Å²) < 4.78 is 43.4. The van der Waals surface area contributed by atoms with Gasteiger partial charge in [-0.15, -0.1) is 0 Å². The molecule has 0 radical (unpaired) electrons. The van der Waals surface area contributed by atoms with E-state index in [1.54, 1.807) is 0 Å². The summed E-state index contributed by atoms with van der Waals surface area (Å²) in [5.41, 5.74) is -0.785. The van der Waals surface area contributed by atoms with E-state index in [2.05, 4.69) is 15.6 Å². The van der Waals surface area contributed by atoms with Crippen molar-refractivity contribution < 1.29 is 22.7 Å². The highest BCUT2D eigenvalue weighted by Crippen LogP contribution is 2.30. The first-order chi connectivity index (χ1) is 13.4. The molecule has 156 valence electrons. The van der Waals surface area contributed by atoms with Crippen molar-refractivity contribution >= 4 is 6.03 Å². The number of carbonyl (C=O) groups is 1. The van der Waals surface area contributed by atoms with E-state index < -0.39 is 11.7 Å². The molecule has 28 heavy (non-hydrogen) atoms. The Morgan fingerprint density at radius 1 is 0.929 bits per heavy atom. The Hall–Kier alpha value is -1.99. The van der Waals surface area contributed by atoms with Crippen LogP contribution in [0, 0.1) is 0 Å². The van der Waals surface area contributed by atoms with E-state index in [1.165, 1.54) is 31.7 Å². The summed E-state index contributed by atoms with van der Waals surface area (Å²) in [7, 11) is 0. The van der Waals surface area contributed by atoms with Gasteiger partial charge in [0.25, 0.3) is 0 Å². The first kappa shape index (κ1) is 20.7. The molecule has 2 aliphatic carbocycles. The van der Waals surface area contributed by atoms with Gasteiger partial charge in [0.05, 0.1) is 5.56 Å². The van der Waals surface area contributed by atoms with Crippen molar-refractivity contribution in [2.45, 2.75) is 88.6 Å². The first-order valence-electron chi connectivity index (χ1n) is 10.2. The molecule has 2 N–H and O–H groups in total. The Morgan fingerprint density at radius 2 is 1.54 bits per heavy atom. The first-order valence-corrected chi connectivity index (χ1v) is 10.2. The van der Waals surface area contributed by atoms with Crippen molar-refractivity contribution in [2.75, 3.05) is 0 Å². The molecule has 0 spiro atoms. The number of aromatic nitrogens is 1. The molecular weight excluding hydrogens is 371 g/mol. The molecule has 0 aliphatic heterocycles. The molecule has 5 nitrogen and oxygen atoms in total. The monoisotopic (exact) mass is 399 g/mol. The molecule has 8 heteroatoms. The van der Waals surface area contributed by atoms with Crippen molar-refractivity contribution in [1.29, 1.82) is 0 Å². The smallest absolute Gasteiger partial charge is 0.417 e. The van der Waals surface area contributed by atoms with E-state index in [4.69, 9.17) is 4.74 Å². The van der Waals surface area contributed by atoms with Crippen LogP contribution < -0.4 is 15.4 Å². The Kier molecular flexibility index (Phi) is 7.02. The summed E-state index contributed by atoms with van der Waals surface area (Å²) in [6, 6.07) is 2.51. The molecule has 2 fully saturated rings. The summed E-state index contributed by atoms with van der Waals surface area (Å²) in [6.45, 7) is 0. The number of amides is 2. The predicted octanol–water partition coefficient (Wildman–Crippen LogP) is 4.81. The largest absolute Gasteiger partial charge is 0.474 e. The molecule has 0 bridgehead atoms. The maximum atomic E-state index is 12.6. The Bertz CT molecular complexity index is 621. The number of pyridine rings is 1. The number of hydrogen-bond acceptors (Lipinski definition) is 3. The van der Waals surface area contributed by atoms with Gasteiger partial charge < -0.3 is 15.4 Å². The SMILES string of the molecule is O=C(NC1CCCCCC1)NC1CCC(Oc2ccc(C(F)(F)F)cn2)CC1. The van der Waals surface area contributed by atoms with Crippen LogP contribution in [0.2, 0.25) is 0 Å². The number of nitrogens with one attached hydrogen (secondary N) is 2. The third kappa shape index (κ3) is 6.27. The maximum absolute atomic E-state index is 12.6. The zero-order valence-corrected chi connectivity index (χ0v) is 15.9. The van der Waals surface area contributed by atoms with Gasteiger partial charge in [-0.1, -0.05) is 25.7 Å². The van der Waals surface area contributed by atoms with Gasteiger partial charge >= 0.3 is 12.2 Å². The second-order valence-corrected chi connectivity index (χ2v) is 7.78. The molecule has 0 unspecified atom stereocenters. The normalized spacial score (nSPS) is 24.2. The molecule has 0 saturated heterocycles. The van der Waals surface area contributed by atoms with Crippen molar-refractivity contribution in [3.05, 3.63) is 23.9 Å².